The first-order valence-electron chi connectivity index (χ1n) is 11.9. The topological polar surface area (TPSA) is 67.8 Å². The fourth-order valence-corrected chi connectivity index (χ4v) is 4.95. The van der Waals surface area contributed by atoms with E-state index in [0.29, 0.717) is 18.0 Å². The molecule has 35 heavy (non-hydrogen) atoms. The Morgan fingerprint density at radius 1 is 0.914 bits per heavy atom. The SMILES string of the molecule is COc1cc2c(cc1OC)CN(C(=O)C1CCN(c3ccc(-c4ccc(F)cc4)nn3)CC1)CC2. The largest absolute Gasteiger partial charge is 0.493 e. The molecule has 5 rings (SSSR count). The van der Waals surface area contributed by atoms with E-state index in [1.54, 1.807) is 26.4 Å². The van der Waals surface area contributed by atoms with Crippen molar-refractivity contribution >= 4 is 11.7 Å². The van der Waals surface area contributed by atoms with Crippen LogP contribution in [0, 0.1) is 11.7 Å². The third kappa shape index (κ3) is 4.78. The Morgan fingerprint density at radius 3 is 2.23 bits per heavy atom. The number of methoxy groups -OCH3 is 2. The summed E-state index contributed by atoms with van der Waals surface area (Å²) < 4.78 is 24.0. The highest BCUT2D eigenvalue weighted by molar-refractivity contribution is 5.79. The summed E-state index contributed by atoms with van der Waals surface area (Å²) in [5.41, 5.74) is 3.87. The highest BCUT2D eigenvalue weighted by Gasteiger charge is 2.31. The second-order valence-electron chi connectivity index (χ2n) is 9.03. The van der Waals surface area contributed by atoms with Crippen LogP contribution >= 0.6 is 0 Å². The van der Waals surface area contributed by atoms with Gasteiger partial charge in [-0.05, 0) is 78.9 Å². The van der Waals surface area contributed by atoms with Crippen molar-refractivity contribution in [2.45, 2.75) is 25.8 Å². The molecule has 8 heteroatoms. The van der Waals surface area contributed by atoms with E-state index < -0.39 is 0 Å². The van der Waals surface area contributed by atoms with Gasteiger partial charge in [-0.3, -0.25) is 4.79 Å². The van der Waals surface area contributed by atoms with E-state index in [2.05, 4.69) is 15.1 Å². The van der Waals surface area contributed by atoms with Crippen LogP contribution in [0.15, 0.2) is 48.5 Å². The fraction of sp³-hybridized carbons (Fsp3) is 0.370. The monoisotopic (exact) mass is 476 g/mol. The van der Waals surface area contributed by atoms with Crippen LogP contribution in [0.1, 0.15) is 24.0 Å². The van der Waals surface area contributed by atoms with Crippen molar-refractivity contribution in [2.75, 3.05) is 38.8 Å². The molecule has 0 saturated carbocycles. The van der Waals surface area contributed by atoms with Gasteiger partial charge >= 0.3 is 0 Å². The lowest BCUT2D eigenvalue weighted by atomic mass is 9.92. The zero-order chi connectivity index (χ0) is 24.4. The summed E-state index contributed by atoms with van der Waals surface area (Å²) in [6.45, 7) is 2.84. The lowest BCUT2D eigenvalue weighted by Crippen LogP contribution is -2.44. The number of carbonyl (C=O) groups excluding carboxylic acids is 1. The lowest BCUT2D eigenvalue weighted by molar-refractivity contribution is -0.137. The smallest absolute Gasteiger partial charge is 0.226 e. The van der Waals surface area contributed by atoms with Crippen molar-refractivity contribution in [3.63, 3.8) is 0 Å². The average molecular weight is 477 g/mol. The van der Waals surface area contributed by atoms with Crippen LogP contribution in [-0.2, 0) is 17.8 Å². The number of rotatable bonds is 5. The number of halogens is 1. The number of anilines is 1. The van der Waals surface area contributed by atoms with Gasteiger partial charge in [-0.25, -0.2) is 4.39 Å². The lowest BCUT2D eigenvalue weighted by Gasteiger charge is -2.36. The summed E-state index contributed by atoms with van der Waals surface area (Å²) in [6, 6.07) is 14.1. The van der Waals surface area contributed by atoms with Gasteiger partial charge in [0.25, 0.3) is 0 Å². The Balaban J connectivity index is 1.19. The number of amides is 1. The summed E-state index contributed by atoms with van der Waals surface area (Å²) in [5, 5.41) is 8.70. The van der Waals surface area contributed by atoms with Gasteiger partial charge in [0.1, 0.15) is 5.82 Å². The van der Waals surface area contributed by atoms with Gasteiger partial charge in [-0.1, -0.05) is 0 Å². The van der Waals surface area contributed by atoms with Gasteiger partial charge in [0.2, 0.25) is 5.91 Å². The molecule has 0 atom stereocenters. The molecule has 2 aliphatic heterocycles. The number of piperidine rings is 1. The minimum Gasteiger partial charge on any atom is -0.493 e. The summed E-state index contributed by atoms with van der Waals surface area (Å²) in [5.74, 6) is 2.19. The van der Waals surface area contributed by atoms with Gasteiger partial charge < -0.3 is 19.3 Å². The second-order valence-corrected chi connectivity index (χ2v) is 9.03. The van der Waals surface area contributed by atoms with Crippen LogP contribution in [0.5, 0.6) is 11.5 Å². The molecule has 1 aromatic heterocycles. The third-order valence-corrected chi connectivity index (χ3v) is 6.99. The number of benzene rings is 2. The average Bonchev–Trinajstić information content (AvgIpc) is 2.92. The highest BCUT2D eigenvalue weighted by Crippen LogP contribution is 2.34. The molecular formula is C27H29FN4O3. The summed E-state index contributed by atoms with van der Waals surface area (Å²) >= 11 is 0. The van der Waals surface area contributed by atoms with E-state index in [4.69, 9.17) is 9.47 Å². The summed E-state index contributed by atoms with van der Waals surface area (Å²) in [4.78, 5) is 17.5. The minimum atomic E-state index is -0.274. The molecule has 3 heterocycles. The van der Waals surface area contributed by atoms with E-state index in [0.717, 1.165) is 61.6 Å². The van der Waals surface area contributed by atoms with Crippen LogP contribution < -0.4 is 14.4 Å². The molecule has 0 aliphatic carbocycles. The Labute approximate surface area is 204 Å². The third-order valence-electron chi connectivity index (χ3n) is 6.99. The van der Waals surface area contributed by atoms with Crippen LogP contribution in [0.4, 0.5) is 10.2 Å². The fourth-order valence-electron chi connectivity index (χ4n) is 4.95. The van der Waals surface area contributed by atoms with E-state index in [1.165, 1.54) is 17.7 Å². The molecule has 182 valence electrons. The van der Waals surface area contributed by atoms with Crippen LogP contribution in [-0.4, -0.2) is 54.9 Å². The molecule has 0 unspecified atom stereocenters. The quantitative estimate of drug-likeness (QED) is 0.552. The van der Waals surface area contributed by atoms with Gasteiger partial charge in [-0.15, -0.1) is 10.2 Å². The van der Waals surface area contributed by atoms with E-state index >= 15 is 0 Å². The molecular weight excluding hydrogens is 447 g/mol. The number of aromatic nitrogens is 2. The molecule has 3 aromatic rings. The number of fused-ring (bicyclic) bond motifs is 1. The number of nitrogens with zero attached hydrogens (tertiary/aromatic N) is 4. The molecule has 7 nitrogen and oxygen atoms in total. The standard InChI is InChI=1S/C27H29FN4O3/c1-34-24-15-20-11-14-32(17-21(20)16-25(24)35-2)27(33)19-9-12-31(13-10-19)26-8-7-23(29-30-26)18-3-5-22(28)6-4-18/h3-8,15-16,19H,9-14,17H2,1-2H3. The van der Waals surface area contributed by atoms with Gasteiger partial charge in [0, 0.05) is 37.7 Å². The summed E-state index contributed by atoms with van der Waals surface area (Å²) in [6.07, 6.45) is 2.39. The Hall–Kier alpha value is -3.68. The van der Waals surface area contributed by atoms with E-state index in [9.17, 15) is 9.18 Å². The summed E-state index contributed by atoms with van der Waals surface area (Å²) in [7, 11) is 3.27. The molecule has 0 N–H and O–H groups in total. The van der Waals surface area contributed by atoms with Crippen molar-refractivity contribution in [1.29, 1.82) is 0 Å². The van der Waals surface area contributed by atoms with Gasteiger partial charge in [-0.2, -0.15) is 0 Å². The number of hydrogen-bond acceptors (Lipinski definition) is 6. The van der Waals surface area contributed by atoms with Crippen molar-refractivity contribution in [3.05, 3.63) is 65.5 Å². The van der Waals surface area contributed by atoms with E-state index in [1.807, 2.05) is 29.2 Å². The van der Waals surface area contributed by atoms with Crippen molar-refractivity contribution in [2.24, 2.45) is 5.92 Å². The number of hydrogen-bond donors (Lipinski definition) is 0. The first-order valence-corrected chi connectivity index (χ1v) is 11.9. The normalized spacial score (nSPS) is 16.1. The highest BCUT2D eigenvalue weighted by atomic mass is 19.1. The maximum atomic E-state index is 13.3. The molecule has 0 radical (unpaired) electrons. The molecule has 1 amide bonds. The van der Waals surface area contributed by atoms with Crippen LogP contribution in [0.2, 0.25) is 0 Å². The van der Waals surface area contributed by atoms with Crippen LogP contribution in [0.3, 0.4) is 0 Å². The molecule has 1 fully saturated rings. The zero-order valence-electron chi connectivity index (χ0n) is 20.0. The Kier molecular flexibility index (Phi) is 6.53. The number of ether oxygens (including phenoxy) is 2. The molecule has 0 spiro atoms. The van der Waals surface area contributed by atoms with Crippen molar-refractivity contribution in [1.82, 2.24) is 15.1 Å². The molecule has 2 aliphatic rings. The first-order chi connectivity index (χ1) is 17.1. The van der Waals surface area contributed by atoms with E-state index in [-0.39, 0.29) is 17.6 Å². The van der Waals surface area contributed by atoms with Gasteiger partial charge in [0.15, 0.2) is 17.3 Å². The second kappa shape index (κ2) is 9.90. The van der Waals surface area contributed by atoms with Crippen molar-refractivity contribution in [3.8, 4) is 22.8 Å². The van der Waals surface area contributed by atoms with Crippen LogP contribution in [0.25, 0.3) is 11.3 Å². The first kappa shape index (κ1) is 23.1. The van der Waals surface area contributed by atoms with Gasteiger partial charge in [0.05, 0.1) is 19.9 Å². The Bertz CT molecular complexity index is 1190. The maximum absolute atomic E-state index is 13.3. The van der Waals surface area contributed by atoms with Crippen molar-refractivity contribution < 1.29 is 18.7 Å². The molecule has 1 saturated heterocycles. The minimum absolute atomic E-state index is 0.0133. The molecule has 2 aromatic carbocycles. The number of carbonyl (C=O) groups is 1. The Morgan fingerprint density at radius 2 is 1.60 bits per heavy atom. The molecule has 0 bridgehead atoms. The maximum Gasteiger partial charge on any atom is 0.226 e. The predicted octanol–water partition coefficient (Wildman–Crippen LogP) is 4.10. The zero-order valence-corrected chi connectivity index (χ0v) is 20.0. The predicted molar refractivity (Wildman–Crippen MR) is 131 cm³/mol.